The molecule has 0 aromatic heterocycles. The summed E-state index contributed by atoms with van der Waals surface area (Å²) in [5.41, 5.74) is 4.98. The first-order valence-electron chi connectivity index (χ1n) is 7.99. The SMILES string of the molecule is CCOc1cc(/C=N\NCc2ccc(OC)c(OC)c2)ccc1OC. The van der Waals surface area contributed by atoms with E-state index in [1.165, 1.54) is 0 Å². The summed E-state index contributed by atoms with van der Waals surface area (Å²) < 4.78 is 21.3. The van der Waals surface area contributed by atoms with Crippen LogP contribution in [-0.4, -0.2) is 34.2 Å². The number of ether oxygens (including phenoxy) is 4. The number of hydrogen-bond acceptors (Lipinski definition) is 6. The summed E-state index contributed by atoms with van der Waals surface area (Å²) in [5.74, 6) is 2.81. The Bertz CT molecular complexity index is 717. The number of hydrogen-bond donors (Lipinski definition) is 1. The summed E-state index contributed by atoms with van der Waals surface area (Å²) in [6, 6.07) is 11.4. The zero-order chi connectivity index (χ0) is 18.1. The Kier molecular flexibility index (Phi) is 6.95. The molecule has 6 nitrogen and oxygen atoms in total. The van der Waals surface area contributed by atoms with Crippen molar-refractivity contribution in [3.8, 4) is 23.0 Å². The average Bonchev–Trinajstić information content (AvgIpc) is 2.65. The Hall–Kier alpha value is -2.89. The van der Waals surface area contributed by atoms with Crippen LogP contribution in [0.2, 0.25) is 0 Å². The molecule has 134 valence electrons. The topological polar surface area (TPSA) is 61.3 Å². The highest BCUT2D eigenvalue weighted by Gasteiger charge is 2.05. The Morgan fingerprint density at radius 2 is 1.56 bits per heavy atom. The molecule has 2 aromatic carbocycles. The summed E-state index contributed by atoms with van der Waals surface area (Å²) in [5, 5.41) is 4.25. The number of nitrogens with zero attached hydrogens (tertiary/aromatic N) is 1. The number of nitrogens with one attached hydrogen (secondary N) is 1. The van der Waals surface area contributed by atoms with Crippen LogP contribution in [-0.2, 0) is 6.54 Å². The molecule has 2 aromatic rings. The zero-order valence-electron chi connectivity index (χ0n) is 15.0. The number of methoxy groups -OCH3 is 3. The van der Waals surface area contributed by atoms with E-state index in [0.717, 1.165) is 11.1 Å². The maximum atomic E-state index is 5.56. The number of hydrazone groups is 1. The van der Waals surface area contributed by atoms with Gasteiger partial charge in [0.15, 0.2) is 23.0 Å². The van der Waals surface area contributed by atoms with Gasteiger partial charge in [-0.3, -0.25) is 0 Å². The smallest absolute Gasteiger partial charge is 0.161 e. The normalized spacial score (nSPS) is 10.6. The minimum atomic E-state index is 0.575. The van der Waals surface area contributed by atoms with Crippen LogP contribution in [0.25, 0.3) is 0 Å². The van der Waals surface area contributed by atoms with Gasteiger partial charge in [0.25, 0.3) is 0 Å². The second-order valence-electron chi connectivity index (χ2n) is 5.13. The van der Waals surface area contributed by atoms with Gasteiger partial charge in [0.1, 0.15) is 0 Å². The molecule has 0 aliphatic rings. The summed E-state index contributed by atoms with van der Waals surface area (Å²) >= 11 is 0. The van der Waals surface area contributed by atoms with Crippen molar-refractivity contribution >= 4 is 6.21 Å². The number of benzene rings is 2. The van der Waals surface area contributed by atoms with Gasteiger partial charge >= 0.3 is 0 Å². The van der Waals surface area contributed by atoms with Crippen molar-refractivity contribution in [2.75, 3.05) is 27.9 Å². The first-order valence-corrected chi connectivity index (χ1v) is 7.99. The van der Waals surface area contributed by atoms with Crippen LogP contribution in [0.5, 0.6) is 23.0 Å². The van der Waals surface area contributed by atoms with Crippen molar-refractivity contribution in [3.05, 3.63) is 47.5 Å². The van der Waals surface area contributed by atoms with Gasteiger partial charge in [-0.25, -0.2) is 0 Å². The molecule has 0 aliphatic heterocycles. The van der Waals surface area contributed by atoms with Crippen molar-refractivity contribution in [2.24, 2.45) is 5.10 Å². The minimum Gasteiger partial charge on any atom is -0.493 e. The summed E-state index contributed by atoms with van der Waals surface area (Å²) in [6.07, 6.45) is 1.74. The molecule has 0 radical (unpaired) electrons. The lowest BCUT2D eigenvalue weighted by Gasteiger charge is -2.10. The van der Waals surface area contributed by atoms with Gasteiger partial charge in [0.2, 0.25) is 0 Å². The molecule has 0 unspecified atom stereocenters. The third-order valence-electron chi connectivity index (χ3n) is 3.52. The first kappa shape index (κ1) is 18.4. The van der Waals surface area contributed by atoms with Gasteiger partial charge in [-0.2, -0.15) is 5.10 Å². The average molecular weight is 344 g/mol. The predicted molar refractivity (Wildman–Crippen MR) is 98.1 cm³/mol. The lowest BCUT2D eigenvalue weighted by molar-refractivity contribution is 0.311. The van der Waals surface area contributed by atoms with E-state index >= 15 is 0 Å². The molecule has 0 fully saturated rings. The Balaban J connectivity index is 1.98. The van der Waals surface area contributed by atoms with Crippen molar-refractivity contribution in [3.63, 3.8) is 0 Å². The van der Waals surface area contributed by atoms with Gasteiger partial charge in [-0.05, 0) is 48.4 Å². The fourth-order valence-electron chi connectivity index (χ4n) is 2.29. The van der Waals surface area contributed by atoms with E-state index in [1.54, 1.807) is 27.5 Å². The van der Waals surface area contributed by atoms with E-state index in [4.69, 9.17) is 18.9 Å². The highest BCUT2D eigenvalue weighted by atomic mass is 16.5. The molecule has 2 rings (SSSR count). The maximum absolute atomic E-state index is 5.56. The van der Waals surface area contributed by atoms with Crippen molar-refractivity contribution in [2.45, 2.75) is 13.5 Å². The monoisotopic (exact) mass is 344 g/mol. The molecule has 0 atom stereocenters. The molecule has 0 saturated carbocycles. The Morgan fingerprint density at radius 3 is 2.24 bits per heavy atom. The second-order valence-corrected chi connectivity index (χ2v) is 5.13. The van der Waals surface area contributed by atoms with Crippen LogP contribution < -0.4 is 24.4 Å². The van der Waals surface area contributed by atoms with Crippen molar-refractivity contribution in [1.82, 2.24) is 5.43 Å². The largest absolute Gasteiger partial charge is 0.493 e. The summed E-state index contributed by atoms with van der Waals surface area (Å²) in [6.45, 7) is 3.09. The number of rotatable bonds is 9. The van der Waals surface area contributed by atoms with Gasteiger partial charge in [-0.1, -0.05) is 6.07 Å². The highest BCUT2D eigenvalue weighted by molar-refractivity contribution is 5.80. The molecule has 6 heteroatoms. The fourth-order valence-corrected chi connectivity index (χ4v) is 2.29. The molecule has 0 saturated heterocycles. The van der Waals surface area contributed by atoms with Gasteiger partial charge < -0.3 is 24.4 Å². The molecule has 0 aliphatic carbocycles. The van der Waals surface area contributed by atoms with E-state index in [9.17, 15) is 0 Å². The van der Waals surface area contributed by atoms with E-state index in [-0.39, 0.29) is 0 Å². The predicted octanol–water partition coefficient (Wildman–Crippen LogP) is 3.23. The molecular weight excluding hydrogens is 320 g/mol. The fraction of sp³-hybridized carbons (Fsp3) is 0.316. The molecule has 25 heavy (non-hydrogen) atoms. The molecule has 0 heterocycles. The van der Waals surface area contributed by atoms with Gasteiger partial charge in [0.05, 0.1) is 40.7 Å². The lowest BCUT2D eigenvalue weighted by Crippen LogP contribution is -2.06. The standard InChI is InChI=1S/C19H24N2O4/c1-5-25-19-11-15(7-9-17(19)23-3)13-21-20-12-14-6-8-16(22-2)18(10-14)24-4/h6-11,13,20H,5,12H2,1-4H3/b21-13-. The second kappa shape index (κ2) is 9.42. The van der Waals surface area contributed by atoms with E-state index in [2.05, 4.69) is 10.5 Å². The summed E-state index contributed by atoms with van der Waals surface area (Å²) in [7, 11) is 4.86. The van der Waals surface area contributed by atoms with Crippen LogP contribution in [0.15, 0.2) is 41.5 Å². The van der Waals surface area contributed by atoms with Crippen LogP contribution >= 0.6 is 0 Å². The van der Waals surface area contributed by atoms with Crippen LogP contribution in [0.4, 0.5) is 0 Å². The van der Waals surface area contributed by atoms with Crippen molar-refractivity contribution in [1.29, 1.82) is 0 Å². The van der Waals surface area contributed by atoms with E-state index in [0.29, 0.717) is 36.1 Å². The molecule has 0 bridgehead atoms. The maximum Gasteiger partial charge on any atom is 0.161 e. The molecule has 0 spiro atoms. The molecular formula is C19H24N2O4. The van der Waals surface area contributed by atoms with E-state index < -0.39 is 0 Å². The highest BCUT2D eigenvalue weighted by Crippen LogP contribution is 2.28. The van der Waals surface area contributed by atoms with Gasteiger partial charge in [-0.15, -0.1) is 0 Å². The first-order chi connectivity index (χ1) is 12.2. The van der Waals surface area contributed by atoms with Crippen LogP contribution in [0.1, 0.15) is 18.1 Å². The minimum absolute atomic E-state index is 0.575. The quantitative estimate of drug-likeness (QED) is 0.559. The third kappa shape index (κ3) is 5.04. The van der Waals surface area contributed by atoms with Crippen molar-refractivity contribution < 1.29 is 18.9 Å². The third-order valence-corrected chi connectivity index (χ3v) is 3.52. The lowest BCUT2D eigenvalue weighted by atomic mass is 10.2. The van der Waals surface area contributed by atoms with Crippen LogP contribution in [0, 0.1) is 0 Å². The Labute approximate surface area is 148 Å². The molecule has 1 N–H and O–H groups in total. The molecule has 0 amide bonds. The van der Waals surface area contributed by atoms with Gasteiger partial charge in [0, 0.05) is 0 Å². The zero-order valence-corrected chi connectivity index (χ0v) is 15.0. The van der Waals surface area contributed by atoms with Crippen LogP contribution in [0.3, 0.4) is 0 Å². The Morgan fingerprint density at radius 1 is 0.880 bits per heavy atom. The summed E-state index contributed by atoms with van der Waals surface area (Å²) in [4.78, 5) is 0. The van der Waals surface area contributed by atoms with E-state index in [1.807, 2.05) is 43.3 Å².